The van der Waals surface area contributed by atoms with Gasteiger partial charge in [0, 0.05) is 16.5 Å². The molecule has 0 saturated carbocycles. The molecule has 0 aliphatic heterocycles. The summed E-state index contributed by atoms with van der Waals surface area (Å²) in [5.41, 5.74) is -3.25. The summed E-state index contributed by atoms with van der Waals surface area (Å²) in [5.74, 6) is -1.18. The Hall–Kier alpha value is -1.96. The Morgan fingerprint density at radius 2 is 2.16 bits per heavy atom. The van der Waals surface area contributed by atoms with Crippen molar-refractivity contribution in [3.63, 3.8) is 0 Å². The quantitative estimate of drug-likeness (QED) is 0.672. The molecule has 2 aromatic rings. The minimum atomic E-state index is -4.40. The van der Waals surface area contributed by atoms with Crippen molar-refractivity contribution in [2.75, 3.05) is 0 Å². The number of nitrogens with one attached hydrogen (secondary N) is 1. The molecule has 0 fully saturated rings. The van der Waals surface area contributed by atoms with E-state index < -0.39 is 11.5 Å². The molecule has 100 valence electrons. The molecule has 2 N–H and O–H groups in total. The Morgan fingerprint density at radius 1 is 1.42 bits per heavy atom. The summed E-state index contributed by atoms with van der Waals surface area (Å²) in [6.07, 6.45) is 3.40. The minimum Gasteiger partial charge on any atom is -0.478 e. The highest BCUT2D eigenvalue weighted by Gasteiger charge is 2.29. The maximum atomic E-state index is 12.3. The first-order chi connectivity index (χ1) is 8.85. The lowest BCUT2D eigenvalue weighted by molar-refractivity contribution is -0.131. The smallest absolute Gasteiger partial charge is 0.446 e. The number of thioether (sulfide) groups is 1. The molecule has 0 atom stereocenters. The number of halogens is 3. The lowest BCUT2D eigenvalue weighted by atomic mass is 10.1. The van der Waals surface area contributed by atoms with Gasteiger partial charge in [0.25, 0.3) is 0 Å². The van der Waals surface area contributed by atoms with Gasteiger partial charge >= 0.3 is 11.5 Å². The number of aliphatic carboxylic acids is 1. The van der Waals surface area contributed by atoms with Crippen molar-refractivity contribution >= 4 is 34.8 Å². The van der Waals surface area contributed by atoms with Crippen molar-refractivity contribution in [3.8, 4) is 0 Å². The zero-order valence-electron chi connectivity index (χ0n) is 9.23. The first kappa shape index (κ1) is 13.5. The van der Waals surface area contributed by atoms with Gasteiger partial charge in [0.15, 0.2) is 0 Å². The minimum absolute atomic E-state index is 0.0331. The van der Waals surface area contributed by atoms with Crippen LogP contribution in [0.25, 0.3) is 17.1 Å². The Labute approximate surface area is 109 Å². The Kier molecular flexibility index (Phi) is 3.52. The lowest BCUT2D eigenvalue weighted by Gasteiger charge is -2.06. The Bertz CT molecular complexity index is 649. The molecule has 0 amide bonds. The summed E-state index contributed by atoms with van der Waals surface area (Å²) in [6, 6.07) is 2.57. The number of hydrogen-bond donors (Lipinski definition) is 2. The average molecular weight is 288 g/mol. The highest BCUT2D eigenvalue weighted by molar-refractivity contribution is 8.00. The van der Waals surface area contributed by atoms with Crippen molar-refractivity contribution in [3.05, 3.63) is 30.1 Å². The van der Waals surface area contributed by atoms with Gasteiger partial charge < -0.3 is 10.1 Å². The fourth-order valence-electron chi connectivity index (χ4n) is 1.53. The number of fused-ring (bicyclic) bond motifs is 1. The number of alkyl halides is 3. The maximum Gasteiger partial charge on any atom is 0.446 e. The van der Waals surface area contributed by atoms with E-state index in [2.05, 4.69) is 9.97 Å². The van der Waals surface area contributed by atoms with Crippen molar-refractivity contribution in [1.29, 1.82) is 0 Å². The summed E-state index contributed by atoms with van der Waals surface area (Å²) in [6.45, 7) is 0. The van der Waals surface area contributed by atoms with E-state index in [1.54, 1.807) is 0 Å². The molecule has 1 aromatic heterocycles. The normalized spacial score (nSPS) is 12.4. The van der Waals surface area contributed by atoms with Gasteiger partial charge in [-0.3, -0.25) is 0 Å². The van der Waals surface area contributed by atoms with Crippen LogP contribution in [0.3, 0.4) is 0 Å². The topological polar surface area (TPSA) is 66.0 Å². The van der Waals surface area contributed by atoms with Crippen LogP contribution in [-0.4, -0.2) is 26.6 Å². The third-order valence-corrected chi connectivity index (χ3v) is 2.87. The molecule has 0 aliphatic rings. The van der Waals surface area contributed by atoms with Crippen molar-refractivity contribution in [2.24, 2.45) is 0 Å². The molecule has 0 aliphatic carbocycles. The number of benzene rings is 1. The van der Waals surface area contributed by atoms with Crippen LogP contribution < -0.4 is 0 Å². The van der Waals surface area contributed by atoms with Crippen LogP contribution in [0.5, 0.6) is 0 Å². The molecule has 0 spiro atoms. The van der Waals surface area contributed by atoms with Gasteiger partial charge in [0.2, 0.25) is 0 Å². The van der Waals surface area contributed by atoms with Gasteiger partial charge in [-0.25, -0.2) is 9.78 Å². The molecule has 0 saturated heterocycles. The van der Waals surface area contributed by atoms with E-state index in [4.69, 9.17) is 5.11 Å². The highest BCUT2D eigenvalue weighted by Crippen LogP contribution is 2.38. The predicted octanol–water partition coefficient (Wildman–Crippen LogP) is 3.27. The lowest BCUT2D eigenvalue weighted by Crippen LogP contribution is -1.99. The van der Waals surface area contributed by atoms with E-state index in [0.717, 1.165) is 6.08 Å². The number of carboxylic acids is 1. The fraction of sp³-hybridized carbons (Fsp3) is 0.0909. The van der Waals surface area contributed by atoms with Crippen LogP contribution in [0.1, 0.15) is 5.56 Å². The molecule has 2 rings (SSSR count). The summed E-state index contributed by atoms with van der Waals surface area (Å²) >= 11 is -0.262. The van der Waals surface area contributed by atoms with Crippen LogP contribution in [0.4, 0.5) is 13.2 Å². The van der Waals surface area contributed by atoms with Crippen LogP contribution in [0.15, 0.2) is 29.4 Å². The van der Waals surface area contributed by atoms with E-state index in [0.29, 0.717) is 16.6 Å². The monoisotopic (exact) mass is 288 g/mol. The van der Waals surface area contributed by atoms with E-state index >= 15 is 0 Å². The van der Waals surface area contributed by atoms with Gasteiger partial charge in [-0.05, 0) is 30.0 Å². The Balaban J connectivity index is 2.48. The predicted molar refractivity (Wildman–Crippen MR) is 64.7 cm³/mol. The first-order valence-corrected chi connectivity index (χ1v) is 5.81. The number of H-pyrrole nitrogens is 1. The molecule has 19 heavy (non-hydrogen) atoms. The van der Waals surface area contributed by atoms with Crippen LogP contribution >= 0.6 is 11.8 Å². The first-order valence-electron chi connectivity index (χ1n) is 4.99. The molecule has 8 heteroatoms. The SMILES string of the molecule is O=C(O)C=Cc1cc(SC(F)(F)F)cc2[nH]cnc12. The van der Waals surface area contributed by atoms with Gasteiger partial charge in [-0.15, -0.1) is 0 Å². The number of hydrogen-bond acceptors (Lipinski definition) is 3. The standard InChI is InChI=1S/C11H7F3N2O2S/c12-11(13,14)19-7-3-6(1-2-9(17)18)10-8(4-7)15-5-16-10/h1-5H,(H,15,16)(H,17,18). The second-order valence-corrected chi connectivity index (χ2v) is 4.67. The molecular formula is C11H7F3N2O2S. The summed E-state index contributed by atoms with van der Waals surface area (Å²) in [7, 11) is 0. The molecule has 0 bridgehead atoms. The molecule has 0 unspecified atom stereocenters. The molecule has 1 heterocycles. The van der Waals surface area contributed by atoms with Gasteiger partial charge in [-0.2, -0.15) is 13.2 Å². The fourth-order valence-corrected chi connectivity index (χ4v) is 2.16. The van der Waals surface area contributed by atoms with Crippen molar-refractivity contribution < 1.29 is 23.1 Å². The number of rotatable bonds is 3. The average Bonchev–Trinajstić information content (AvgIpc) is 2.71. The number of aromatic nitrogens is 2. The van der Waals surface area contributed by atoms with E-state index in [9.17, 15) is 18.0 Å². The van der Waals surface area contributed by atoms with Crippen molar-refractivity contribution in [2.45, 2.75) is 10.4 Å². The van der Waals surface area contributed by atoms with E-state index in [-0.39, 0.29) is 16.7 Å². The molecular weight excluding hydrogens is 281 g/mol. The van der Waals surface area contributed by atoms with Gasteiger partial charge in [0.1, 0.15) is 0 Å². The van der Waals surface area contributed by atoms with Crippen LogP contribution in [-0.2, 0) is 4.79 Å². The highest BCUT2D eigenvalue weighted by atomic mass is 32.2. The van der Waals surface area contributed by atoms with Crippen molar-refractivity contribution in [1.82, 2.24) is 9.97 Å². The largest absolute Gasteiger partial charge is 0.478 e. The molecule has 1 aromatic carbocycles. The number of carbonyl (C=O) groups is 1. The number of carboxylic acid groups (broad SMARTS) is 1. The summed E-state index contributed by atoms with van der Waals surface area (Å²) < 4.78 is 37.0. The van der Waals surface area contributed by atoms with Crippen LogP contribution in [0.2, 0.25) is 0 Å². The van der Waals surface area contributed by atoms with E-state index in [1.807, 2.05) is 0 Å². The molecule has 4 nitrogen and oxygen atoms in total. The maximum absolute atomic E-state index is 12.3. The summed E-state index contributed by atoms with van der Waals surface area (Å²) in [5, 5.41) is 8.55. The second kappa shape index (κ2) is 4.96. The molecule has 0 radical (unpaired) electrons. The zero-order chi connectivity index (χ0) is 14.0. The third kappa shape index (κ3) is 3.50. The number of imidazole rings is 1. The zero-order valence-corrected chi connectivity index (χ0v) is 10.0. The number of nitrogens with zero attached hydrogens (tertiary/aromatic N) is 1. The van der Waals surface area contributed by atoms with E-state index in [1.165, 1.54) is 24.5 Å². The second-order valence-electron chi connectivity index (χ2n) is 3.53. The summed E-state index contributed by atoms with van der Waals surface area (Å²) in [4.78, 5) is 17.1. The van der Waals surface area contributed by atoms with Gasteiger partial charge in [0.05, 0.1) is 17.4 Å². The third-order valence-electron chi connectivity index (χ3n) is 2.17. The Morgan fingerprint density at radius 3 is 2.79 bits per heavy atom. The number of aromatic amines is 1. The van der Waals surface area contributed by atoms with Crippen LogP contribution in [0, 0.1) is 0 Å². The van der Waals surface area contributed by atoms with Gasteiger partial charge in [-0.1, -0.05) is 0 Å².